The molecule has 0 bridgehead atoms. The molecule has 4 amide bonds. The van der Waals surface area contributed by atoms with Crippen LogP contribution in [0.5, 0.6) is 0 Å². The Morgan fingerprint density at radius 3 is 1.88 bits per heavy atom. The van der Waals surface area contributed by atoms with E-state index < -0.39 is 0 Å². The van der Waals surface area contributed by atoms with Crippen molar-refractivity contribution in [2.45, 2.75) is 25.2 Å². The number of amides is 4. The lowest BCUT2D eigenvalue weighted by Gasteiger charge is -2.57. The normalized spacial score (nSPS) is 30.8. The molecule has 0 unspecified atom stereocenters. The van der Waals surface area contributed by atoms with Crippen molar-refractivity contribution in [1.82, 2.24) is 19.6 Å². The van der Waals surface area contributed by atoms with Crippen molar-refractivity contribution in [2.75, 3.05) is 28.2 Å². The monoisotopic (exact) mass is 394 g/mol. The Morgan fingerprint density at radius 2 is 1.33 bits per heavy atom. The van der Waals surface area contributed by atoms with Crippen LogP contribution in [0.25, 0.3) is 0 Å². The summed E-state index contributed by atoms with van der Waals surface area (Å²) in [6.45, 7) is 2.06. The second kappa shape index (κ2) is 5.95. The molecule has 7 heteroatoms. The molecule has 2 saturated heterocycles. The number of urea groups is 2. The molecule has 130 valence electrons. The first-order chi connectivity index (χ1) is 11.3. The van der Waals surface area contributed by atoms with Gasteiger partial charge in [0.25, 0.3) is 0 Å². The first kappa shape index (κ1) is 17.1. The Hall–Kier alpha value is -1.76. The van der Waals surface area contributed by atoms with Gasteiger partial charge in [0, 0.05) is 44.6 Å². The summed E-state index contributed by atoms with van der Waals surface area (Å²) in [6, 6.07) is 7.89. The molecule has 0 spiro atoms. The third kappa shape index (κ3) is 2.37. The van der Waals surface area contributed by atoms with Crippen LogP contribution in [-0.4, -0.2) is 72.1 Å². The second-order valence-electron chi connectivity index (χ2n) is 6.74. The molecule has 1 aromatic rings. The van der Waals surface area contributed by atoms with Crippen LogP contribution in [0.1, 0.15) is 18.5 Å². The third-order valence-corrected chi connectivity index (χ3v) is 6.03. The molecule has 0 aliphatic carbocycles. The molecule has 0 radical (unpaired) electrons. The van der Waals surface area contributed by atoms with Crippen LogP contribution in [-0.2, 0) is 0 Å². The van der Waals surface area contributed by atoms with E-state index in [4.69, 9.17) is 0 Å². The predicted molar refractivity (Wildman–Crippen MR) is 95.5 cm³/mol. The summed E-state index contributed by atoms with van der Waals surface area (Å²) in [6.07, 6.45) is -0.249. The van der Waals surface area contributed by atoms with Crippen molar-refractivity contribution in [3.8, 4) is 0 Å². The topological polar surface area (TPSA) is 47.1 Å². The highest BCUT2D eigenvalue weighted by Gasteiger charge is 2.53. The Bertz CT molecular complexity index is 661. The van der Waals surface area contributed by atoms with Gasteiger partial charge < -0.3 is 19.6 Å². The van der Waals surface area contributed by atoms with E-state index in [0.717, 1.165) is 10.0 Å². The smallest absolute Gasteiger partial charge is 0.321 e. The lowest BCUT2D eigenvalue weighted by atomic mass is 9.80. The second-order valence-corrected chi connectivity index (χ2v) is 7.65. The van der Waals surface area contributed by atoms with E-state index >= 15 is 0 Å². The molecule has 2 heterocycles. The third-order valence-electron chi connectivity index (χ3n) is 5.51. The first-order valence-electron chi connectivity index (χ1n) is 8.00. The first-order valence-corrected chi connectivity index (χ1v) is 8.79. The van der Waals surface area contributed by atoms with Gasteiger partial charge in [0.1, 0.15) is 6.17 Å². The summed E-state index contributed by atoms with van der Waals surface area (Å²) in [5, 5.41) is 0. The van der Waals surface area contributed by atoms with Gasteiger partial charge in [-0.1, -0.05) is 28.1 Å². The van der Waals surface area contributed by atoms with Gasteiger partial charge in [0.2, 0.25) is 0 Å². The summed E-state index contributed by atoms with van der Waals surface area (Å²) in [4.78, 5) is 32.2. The summed E-state index contributed by atoms with van der Waals surface area (Å²) in [5.41, 5.74) is 1.08. The molecule has 2 aliphatic heterocycles. The summed E-state index contributed by atoms with van der Waals surface area (Å²) in [5.74, 6) is 0.0894. The maximum absolute atomic E-state index is 12.8. The molecule has 6 nitrogen and oxygen atoms in total. The lowest BCUT2D eigenvalue weighted by Crippen LogP contribution is -2.71. The minimum Gasteiger partial charge on any atom is -0.324 e. The molecule has 3 rings (SSSR count). The van der Waals surface area contributed by atoms with Crippen LogP contribution in [0.2, 0.25) is 0 Å². The number of halogens is 1. The van der Waals surface area contributed by atoms with Gasteiger partial charge in [0.05, 0.1) is 6.04 Å². The number of nitrogens with zero attached hydrogens (tertiary/aromatic N) is 4. The molecule has 2 aliphatic rings. The van der Waals surface area contributed by atoms with E-state index in [1.807, 2.05) is 38.4 Å². The Morgan fingerprint density at radius 1 is 0.833 bits per heavy atom. The van der Waals surface area contributed by atoms with Crippen LogP contribution in [0.4, 0.5) is 9.59 Å². The van der Waals surface area contributed by atoms with Crippen LogP contribution in [0.15, 0.2) is 28.7 Å². The summed E-state index contributed by atoms with van der Waals surface area (Å²) < 4.78 is 1.01. The highest BCUT2D eigenvalue weighted by molar-refractivity contribution is 9.10. The number of carbonyl (C=O) groups is 2. The number of hydrogen-bond donors (Lipinski definition) is 0. The minimum absolute atomic E-state index is 0.0188. The minimum atomic E-state index is -0.249. The number of rotatable bonds is 1. The standard InChI is InChI=1S/C17H23BrN4O2/c1-10-13-14(11-6-8-12(18)9-7-11)20(3)17(24)22(5)15(13)21(4)16(23)19(10)2/h6-10,13-15H,1-5H3/t10-,13+,14+,15+/m1/s1. The number of fused-ring (bicyclic) bond motifs is 1. The van der Waals surface area contributed by atoms with Gasteiger partial charge in [-0.3, -0.25) is 0 Å². The van der Waals surface area contributed by atoms with Crippen LogP contribution in [0.3, 0.4) is 0 Å². The zero-order chi connectivity index (χ0) is 17.8. The van der Waals surface area contributed by atoms with E-state index in [9.17, 15) is 9.59 Å². The number of carbonyl (C=O) groups excluding carboxylic acids is 2. The van der Waals surface area contributed by atoms with Gasteiger partial charge in [0.15, 0.2) is 0 Å². The molecule has 0 aromatic heterocycles. The number of benzene rings is 1. The molecule has 1 aromatic carbocycles. The average molecular weight is 395 g/mol. The maximum Gasteiger partial charge on any atom is 0.321 e. The zero-order valence-corrected chi connectivity index (χ0v) is 16.2. The molecule has 24 heavy (non-hydrogen) atoms. The van der Waals surface area contributed by atoms with Crippen LogP contribution in [0, 0.1) is 5.92 Å². The van der Waals surface area contributed by atoms with Gasteiger partial charge in [-0.05, 0) is 24.6 Å². The van der Waals surface area contributed by atoms with E-state index in [2.05, 4.69) is 22.9 Å². The summed E-state index contributed by atoms with van der Waals surface area (Å²) in [7, 11) is 7.21. The van der Waals surface area contributed by atoms with Crippen molar-refractivity contribution >= 4 is 28.0 Å². The largest absolute Gasteiger partial charge is 0.324 e. The van der Waals surface area contributed by atoms with Crippen molar-refractivity contribution in [1.29, 1.82) is 0 Å². The van der Waals surface area contributed by atoms with E-state index in [0.29, 0.717) is 0 Å². The lowest BCUT2D eigenvalue weighted by molar-refractivity contribution is -0.0652. The van der Waals surface area contributed by atoms with Crippen molar-refractivity contribution < 1.29 is 9.59 Å². The highest BCUT2D eigenvalue weighted by atomic mass is 79.9. The van der Waals surface area contributed by atoms with Crippen LogP contribution < -0.4 is 0 Å². The molecule has 2 fully saturated rings. The number of hydrogen-bond acceptors (Lipinski definition) is 2. The Balaban J connectivity index is 2.11. The van der Waals surface area contributed by atoms with Crippen molar-refractivity contribution in [3.05, 3.63) is 34.3 Å². The van der Waals surface area contributed by atoms with Gasteiger partial charge >= 0.3 is 12.1 Å². The molecule has 0 saturated carbocycles. The van der Waals surface area contributed by atoms with Gasteiger partial charge in [-0.15, -0.1) is 0 Å². The fourth-order valence-electron chi connectivity index (χ4n) is 4.09. The maximum atomic E-state index is 12.8. The van der Waals surface area contributed by atoms with E-state index in [-0.39, 0.29) is 36.2 Å². The van der Waals surface area contributed by atoms with Crippen molar-refractivity contribution in [2.24, 2.45) is 5.92 Å². The highest BCUT2D eigenvalue weighted by Crippen LogP contribution is 2.43. The molecular formula is C17H23BrN4O2. The van der Waals surface area contributed by atoms with Gasteiger partial charge in [-0.2, -0.15) is 0 Å². The molecule has 4 atom stereocenters. The molecular weight excluding hydrogens is 372 g/mol. The fourth-order valence-corrected chi connectivity index (χ4v) is 4.36. The Kier molecular flexibility index (Phi) is 4.23. The van der Waals surface area contributed by atoms with E-state index in [1.54, 1.807) is 33.7 Å². The van der Waals surface area contributed by atoms with E-state index in [1.165, 1.54) is 0 Å². The average Bonchev–Trinajstić information content (AvgIpc) is 2.57. The van der Waals surface area contributed by atoms with Crippen molar-refractivity contribution in [3.63, 3.8) is 0 Å². The molecule has 0 N–H and O–H groups in total. The predicted octanol–water partition coefficient (Wildman–Crippen LogP) is 2.82. The zero-order valence-electron chi connectivity index (χ0n) is 14.6. The SMILES string of the molecule is C[C@@H]1[C@@H]2[C@@H](N(C)C(=O)N1C)N(C)C(=O)N(C)[C@H]2c1ccc(Br)cc1. The van der Waals surface area contributed by atoms with Gasteiger partial charge in [-0.25, -0.2) is 9.59 Å². The Labute approximate surface area is 151 Å². The summed E-state index contributed by atoms with van der Waals surface area (Å²) >= 11 is 3.46. The van der Waals surface area contributed by atoms with Crippen LogP contribution >= 0.6 is 15.9 Å². The quantitative estimate of drug-likeness (QED) is 0.734. The fraction of sp³-hybridized carbons (Fsp3) is 0.529.